The molecule has 0 amide bonds. The van der Waals surface area contributed by atoms with Crippen LogP contribution in [0.3, 0.4) is 0 Å². The van der Waals surface area contributed by atoms with E-state index in [0.29, 0.717) is 32.2 Å². The maximum absolute atomic E-state index is 13.4. The molecule has 0 aromatic carbocycles. The summed E-state index contributed by atoms with van der Waals surface area (Å²) >= 11 is 0. The zero-order chi connectivity index (χ0) is 14.1. The number of hydrogen-bond donors (Lipinski definition) is 1. The summed E-state index contributed by atoms with van der Waals surface area (Å²) in [7, 11) is 0. The molecule has 0 saturated carbocycles. The lowest BCUT2D eigenvalue weighted by Gasteiger charge is -2.47. The summed E-state index contributed by atoms with van der Waals surface area (Å²) in [6.07, 6.45) is -2.68. The van der Waals surface area contributed by atoms with Crippen molar-refractivity contribution in [3.8, 4) is 0 Å². The summed E-state index contributed by atoms with van der Waals surface area (Å²) in [5, 5.41) is 0. The van der Waals surface area contributed by atoms with Gasteiger partial charge < -0.3 is 10.5 Å². The fourth-order valence-corrected chi connectivity index (χ4v) is 3.35. The molecule has 2 aliphatic heterocycles. The molecule has 0 radical (unpaired) electrons. The number of likely N-dealkylation sites (tertiary alicyclic amines) is 1. The molecule has 6 heteroatoms. The van der Waals surface area contributed by atoms with E-state index in [1.165, 1.54) is 0 Å². The topological polar surface area (TPSA) is 38.5 Å². The van der Waals surface area contributed by atoms with Crippen LogP contribution >= 0.6 is 0 Å². The van der Waals surface area contributed by atoms with Gasteiger partial charge in [0.15, 0.2) is 0 Å². The molecule has 2 N–H and O–H groups in total. The monoisotopic (exact) mass is 280 g/mol. The Morgan fingerprint density at radius 1 is 1.37 bits per heavy atom. The highest BCUT2D eigenvalue weighted by Gasteiger charge is 2.58. The maximum Gasteiger partial charge on any atom is 0.396 e. The van der Waals surface area contributed by atoms with E-state index in [9.17, 15) is 13.2 Å². The Balaban J connectivity index is 2.04. The Labute approximate surface area is 112 Å². The van der Waals surface area contributed by atoms with Gasteiger partial charge in [0, 0.05) is 18.7 Å². The normalized spacial score (nSPS) is 30.5. The largest absolute Gasteiger partial charge is 0.396 e. The van der Waals surface area contributed by atoms with Crippen LogP contribution in [0.25, 0.3) is 0 Å². The van der Waals surface area contributed by atoms with Crippen LogP contribution in [0.4, 0.5) is 13.2 Å². The van der Waals surface area contributed by atoms with Gasteiger partial charge in [0.2, 0.25) is 0 Å². The zero-order valence-corrected chi connectivity index (χ0v) is 11.4. The average Bonchev–Trinajstić information content (AvgIpc) is 2.90. The van der Waals surface area contributed by atoms with Gasteiger partial charge in [0.1, 0.15) is 0 Å². The van der Waals surface area contributed by atoms with Gasteiger partial charge in [-0.25, -0.2) is 0 Å². The van der Waals surface area contributed by atoms with E-state index in [2.05, 4.69) is 4.90 Å². The predicted molar refractivity (Wildman–Crippen MR) is 66.8 cm³/mol. The van der Waals surface area contributed by atoms with Gasteiger partial charge in [0.05, 0.1) is 12.0 Å². The SMILES string of the molecule is CCC(N)C1(C(F)(F)F)CCN(C2CCOC2)CC1. The Morgan fingerprint density at radius 2 is 2.00 bits per heavy atom. The molecule has 0 aromatic heterocycles. The molecule has 3 nitrogen and oxygen atoms in total. The number of alkyl halides is 3. The van der Waals surface area contributed by atoms with Crippen LogP contribution in [0.15, 0.2) is 0 Å². The number of rotatable bonds is 3. The molecule has 0 spiro atoms. The van der Waals surface area contributed by atoms with Crippen molar-refractivity contribution in [1.29, 1.82) is 0 Å². The molecule has 0 bridgehead atoms. The van der Waals surface area contributed by atoms with Gasteiger partial charge >= 0.3 is 6.18 Å². The second kappa shape index (κ2) is 5.58. The Bertz CT molecular complexity index is 295. The van der Waals surface area contributed by atoms with Crippen molar-refractivity contribution in [2.45, 2.75) is 50.9 Å². The molecule has 112 valence electrons. The van der Waals surface area contributed by atoms with Gasteiger partial charge in [-0.15, -0.1) is 0 Å². The fraction of sp³-hybridized carbons (Fsp3) is 1.00. The first-order chi connectivity index (χ1) is 8.90. The Hall–Kier alpha value is -0.330. The Kier molecular flexibility index (Phi) is 4.42. The number of halogens is 3. The van der Waals surface area contributed by atoms with Crippen LogP contribution in [-0.4, -0.2) is 49.5 Å². The molecule has 2 aliphatic rings. The van der Waals surface area contributed by atoms with Gasteiger partial charge in [0.25, 0.3) is 0 Å². The quantitative estimate of drug-likeness (QED) is 0.861. The van der Waals surface area contributed by atoms with Gasteiger partial charge in [-0.05, 0) is 38.8 Å². The summed E-state index contributed by atoms with van der Waals surface area (Å²) in [4.78, 5) is 2.14. The highest BCUT2D eigenvalue weighted by atomic mass is 19.4. The molecule has 0 aliphatic carbocycles. The molecule has 0 aromatic rings. The Morgan fingerprint density at radius 3 is 2.42 bits per heavy atom. The number of hydrogen-bond acceptors (Lipinski definition) is 3. The lowest BCUT2D eigenvalue weighted by molar-refractivity contribution is -0.246. The minimum atomic E-state index is -4.21. The zero-order valence-electron chi connectivity index (χ0n) is 11.4. The van der Waals surface area contributed by atoms with Crippen molar-refractivity contribution < 1.29 is 17.9 Å². The standard InChI is InChI=1S/C13H23F3N2O/c1-2-11(17)12(13(14,15)16)4-6-18(7-5-12)10-3-8-19-9-10/h10-11H,2-9,17H2,1H3. The smallest absolute Gasteiger partial charge is 0.380 e. The minimum Gasteiger partial charge on any atom is -0.380 e. The lowest BCUT2D eigenvalue weighted by atomic mass is 9.71. The van der Waals surface area contributed by atoms with E-state index in [1.54, 1.807) is 6.92 Å². The number of nitrogens with zero attached hydrogens (tertiary/aromatic N) is 1. The molecule has 2 fully saturated rings. The average molecular weight is 280 g/mol. The van der Waals surface area contributed by atoms with Crippen molar-refractivity contribution in [3.05, 3.63) is 0 Å². The molecule has 2 saturated heterocycles. The summed E-state index contributed by atoms with van der Waals surface area (Å²) in [5.74, 6) is 0. The third-order valence-electron chi connectivity index (χ3n) is 4.83. The number of nitrogens with two attached hydrogens (primary N) is 1. The van der Waals surface area contributed by atoms with E-state index >= 15 is 0 Å². The third-order valence-corrected chi connectivity index (χ3v) is 4.83. The van der Waals surface area contributed by atoms with Crippen LogP contribution in [-0.2, 0) is 4.74 Å². The van der Waals surface area contributed by atoms with E-state index in [0.717, 1.165) is 13.0 Å². The van der Waals surface area contributed by atoms with E-state index in [1.807, 2.05) is 0 Å². The number of piperidine rings is 1. The molecule has 2 atom stereocenters. The van der Waals surface area contributed by atoms with Gasteiger partial charge in [-0.3, -0.25) is 4.90 Å². The van der Waals surface area contributed by atoms with Crippen molar-refractivity contribution in [3.63, 3.8) is 0 Å². The second-order valence-electron chi connectivity index (χ2n) is 5.72. The lowest BCUT2D eigenvalue weighted by Crippen LogP contribution is -2.58. The first-order valence-corrected chi connectivity index (χ1v) is 7.05. The van der Waals surface area contributed by atoms with E-state index in [4.69, 9.17) is 10.5 Å². The molecule has 2 rings (SSSR count). The summed E-state index contributed by atoms with van der Waals surface area (Å²) < 4.78 is 45.6. The van der Waals surface area contributed by atoms with E-state index < -0.39 is 17.6 Å². The summed E-state index contributed by atoms with van der Waals surface area (Å²) in [6, 6.07) is -0.501. The number of ether oxygens (including phenoxy) is 1. The fourth-order valence-electron chi connectivity index (χ4n) is 3.35. The highest BCUT2D eigenvalue weighted by Crippen LogP contribution is 2.49. The predicted octanol–water partition coefficient (Wildman–Crippen LogP) is 2.16. The van der Waals surface area contributed by atoms with Crippen molar-refractivity contribution >= 4 is 0 Å². The first-order valence-electron chi connectivity index (χ1n) is 7.05. The molecule has 2 heterocycles. The second-order valence-corrected chi connectivity index (χ2v) is 5.72. The highest BCUT2D eigenvalue weighted by molar-refractivity contribution is 4.99. The van der Waals surface area contributed by atoms with Gasteiger partial charge in [-0.2, -0.15) is 13.2 Å². The van der Waals surface area contributed by atoms with Gasteiger partial charge in [-0.1, -0.05) is 6.92 Å². The summed E-state index contributed by atoms with van der Waals surface area (Å²) in [6.45, 7) is 4.05. The van der Waals surface area contributed by atoms with Crippen LogP contribution in [0.2, 0.25) is 0 Å². The molecular weight excluding hydrogens is 257 g/mol. The third kappa shape index (κ3) is 2.76. The molecular formula is C13H23F3N2O. The van der Waals surface area contributed by atoms with Crippen LogP contribution in [0.5, 0.6) is 0 Å². The van der Waals surface area contributed by atoms with Crippen molar-refractivity contribution in [1.82, 2.24) is 4.90 Å². The van der Waals surface area contributed by atoms with Crippen LogP contribution in [0, 0.1) is 5.41 Å². The molecule has 2 unspecified atom stereocenters. The summed E-state index contributed by atoms with van der Waals surface area (Å²) in [5.41, 5.74) is 4.11. The first kappa shape index (κ1) is 15.1. The van der Waals surface area contributed by atoms with Crippen molar-refractivity contribution in [2.75, 3.05) is 26.3 Å². The van der Waals surface area contributed by atoms with Crippen LogP contribution in [0.1, 0.15) is 32.6 Å². The molecule has 19 heavy (non-hydrogen) atoms. The van der Waals surface area contributed by atoms with Crippen molar-refractivity contribution in [2.24, 2.45) is 11.1 Å². The maximum atomic E-state index is 13.4. The minimum absolute atomic E-state index is 0.113. The van der Waals surface area contributed by atoms with E-state index in [-0.39, 0.29) is 12.8 Å². The van der Waals surface area contributed by atoms with Crippen LogP contribution < -0.4 is 5.73 Å².